The van der Waals surface area contributed by atoms with Crippen LogP contribution in [0.2, 0.25) is 0 Å². The monoisotopic (exact) mass is 1450 g/mol. The van der Waals surface area contributed by atoms with Crippen molar-refractivity contribution >= 4 is 43.1 Å². The fourth-order valence-corrected chi connectivity index (χ4v) is 13.8. The highest BCUT2D eigenvalue weighted by molar-refractivity contribution is 6.01. The molecule has 0 unspecified atom stereocenters. The summed E-state index contributed by atoms with van der Waals surface area (Å²) in [6.07, 6.45) is 10.8. The highest BCUT2D eigenvalue weighted by Crippen LogP contribution is 2.38. The summed E-state index contributed by atoms with van der Waals surface area (Å²) in [5, 5.41) is 9.12. The van der Waals surface area contributed by atoms with Crippen molar-refractivity contribution in [3.8, 4) is 137 Å². The van der Waals surface area contributed by atoms with Crippen LogP contribution in [0.5, 0.6) is 0 Å². The van der Waals surface area contributed by atoms with Crippen LogP contribution in [-0.4, -0.2) is 74.8 Å². The first kappa shape index (κ1) is 70.2. The van der Waals surface area contributed by atoms with Gasteiger partial charge in [0.15, 0.2) is 58.2 Å². The predicted molar refractivity (Wildman–Crippen MR) is 450 cm³/mol. The summed E-state index contributed by atoms with van der Waals surface area (Å²) in [7, 11) is 0. The Hall–Kier alpha value is -14.8. The van der Waals surface area contributed by atoms with E-state index in [1.165, 1.54) is 54.9 Å². The van der Waals surface area contributed by atoms with Gasteiger partial charge in [0, 0.05) is 87.3 Å². The molecule has 0 saturated carbocycles. The standard InChI is InChI=1S/2C35H25N5.C27H21N5/c1-22-16-18-30(28-14-8-6-12-26(22)28)34-38-33(25-20-36-32(37-21-25)24-10-4-3-5-11-24)39-35(40-34)31-19-17-23(2)27-13-7-9-15-29(27)31;1-22-16-18-30(28-14-8-6-12-26(22)28)32-38-33(31-19-17-23(2)27-13-7-9-15-29(27)31)40-35(39-32)34-36-20-25(21-37-34)24-10-4-3-5-11-24;1-18-8-12-21(13-9-18)24-30-25(22-14-10-19(2)11-15-22)32-27(31-24)26-28-16-23(17-29-26)20-6-4-3-5-7-20/h2*3-21H,1-2H3;3-17H,1-2H3. The molecule has 0 bridgehead atoms. The van der Waals surface area contributed by atoms with E-state index in [4.69, 9.17) is 44.9 Å². The lowest BCUT2D eigenvalue weighted by Crippen LogP contribution is -2.03. The smallest absolute Gasteiger partial charge is 0.201 e. The Labute approximate surface area is 647 Å². The normalized spacial score (nSPS) is 11.1. The first-order valence-corrected chi connectivity index (χ1v) is 37.0. The van der Waals surface area contributed by atoms with Crippen molar-refractivity contribution in [3.05, 3.63) is 356 Å². The molecule has 19 rings (SSSR count). The van der Waals surface area contributed by atoms with Crippen LogP contribution in [0.4, 0.5) is 0 Å². The lowest BCUT2D eigenvalue weighted by Gasteiger charge is -2.13. The van der Waals surface area contributed by atoms with Gasteiger partial charge in [0.2, 0.25) is 11.6 Å². The fourth-order valence-electron chi connectivity index (χ4n) is 13.8. The second-order valence-corrected chi connectivity index (χ2v) is 27.5. The van der Waals surface area contributed by atoms with Crippen LogP contribution in [0.1, 0.15) is 33.4 Å². The molecule has 0 amide bonds. The summed E-state index contributed by atoms with van der Waals surface area (Å²) in [5.41, 5.74) is 18.6. The number of hydrogen-bond acceptors (Lipinski definition) is 15. The SMILES string of the molecule is Cc1ccc(-c2nc(-c3ccc(C)cc3)nc(-c3ncc(-c4ccccc4)cn3)n2)cc1.Cc1ccc(-c2nc(-c3cnc(-c4ccccc4)nc3)nc(-c3ccc(C)c4ccccc34)n2)c2ccccc12.Cc1ccc(-c2nc(-c3ncc(-c4ccccc4)cn3)nc(-c3ccc(C)c4ccccc34)n2)c2ccccc12. The number of nitrogens with zero attached hydrogens (tertiary/aromatic N) is 15. The molecule has 0 aliphatic rings. The van der Waals surface area contributed by atoms with Crippen LogP contribution >= 0.6 is 0 Å². The molecule has 0 aliphatic carbocycles. The maximum Gasteiger partial charge on any atom is 0.201 e. The van der Waals surface area contributed by atoms with Gasteiger partial charge < -0.3 is 0 Å². The minimum absolute atomic E-state index is 0.439. The second kappa shape index (κ2) is 31.2. The van der Waals surface area contributed by atoms with Crippen molar-refractivity contribution < 1.29 is 0 Å². The van der Waals surface area contributed by atoms with Crippen molar-refractivity contribution in [2.75, 3.05) is 0 Å². The van der Waals surface area contributed by atoms with Crippen molar-refractivity contribution in [2.45, 2.75) is 41.5 Å². The van der Waals surface area contributed by atoms with Crippen LogP contribution in [0.3, 0.4) is 0 Å². The quantitative estimate of drug-likeness (QED) is 0.112. The number of hydrogen-bond donors (Lipinski definition) is 0. The van der Waals surface area contributed by atoms with E-state index < -0.39 is 0 Å². The first-order chi connectivity index (χ1) is 55.0. The minimum Gasteiger partial charge on any atom is -0.236 e. The highest BCUT2D eigenvalue weighted by atomic mass is 15.1. The van der Waals surface area contributed by atoms with Gasteiger partial charge in [0.05, 0.1) is 5.56 Å². The van der Waals surface area contributed by atoms with Gasteiger partial charge in [0.1, 0.15) is 0 Å². The van der Waals surface area contributed by atoms with Crippen LogP contribution in [0.25, 0.3) is 180 Å². The molecule has 15 nitrogen and oxygen atoms in total. The van der Waals surface area contributed by atoms with Gasteiger partial charge in [-0.1, -0.05) is 296 Å². The van der Waals surface area contributed by atoms with E-state index >= 15 is 0 Å². The number of aryl methyl sites for hydroxylation is 6. The molecule has 0 fully saturated rings. The highest BCUT2D eigenvalue weighted by Gasteiger charge is 2.22. The Morgan fingerprint density at radius 2 is 0.366 bits per heavy atom. The van der Waals surface area contributed by atoms with Crippen LogP contribution < -0.4 is 0 Å². The zero-order valence-electron chi connectivity index (χ0n) is 62.3. The third kappa shape index (κ3) is 14.8. The molecule has 112 heavy (non-hydrogen) atoms. The van der Waals surface area contributed by atoms with Crippen molar-refractivity contribution in [2.24, 2.45) is 0 Å². The molecule has 0 N–H and O–H groups in total. The Bertz CT molecular complexity index is 6080. The lowest BCUT2D eigenvalue weighted by atomic mass is 9.99. The molecule has 6 aromatic heterocycles. The van der Waals surface area contributed by atoms with E-state index in [-0.39, 0.29) is 0 Å². The Kier molecular flexibility index (Phi) is 19.5. The average molecular weight is 1450 g/mol. The maximum absolute atomic E-state index is 5.06. The molecule has 534 valence electrons. The molecule has 15 heteroatoms. The van der Waals surface area contributed by atoms with Gasteiger partial charge in [-0.3, -0.25) is 0 Å². The molecule has 0 aliphatic heterocycles. The van der Waals surface area contributed by atoms with E-state index in [1.807, 2.05) is 140 Å². The van der Waals surface area contributed by atoms with Crippen molar-refractivity contribution in [3.63, 3.8) is 0 Å². The number of fused-ring (bicyclic) bond motifs is 4. The lowest BCUT2D eigenvalue weighted by molar-refractivity contribution is 1.03. The largest absolute Gasteiger partial charge is 0.236 e. The molecule has 13 aromatic carbocycles. The Balaban J connectivity index is 0.000000123. The number of aromatic nitrogens is 15. The fraction of sp³-hybridized carbons (Fsp3) is 0.0619. The van der Waals surface area contributed by atoms with Crippen molar-refractivity contribution in [1.82, 2.24) is 74.8 Å². The van der Waals surface area contributed by atoms with Gasteiger partial charge in [-0.25, -0.2) is 74.8 Å². The van der Waals surface area contributed by atoms with Gasteiger partial charge in [-0.05, 0) is 118 Å². The molecular weight excluding hydrogens is 1380 g/mol. The molecule has 0 spiro atoms. The van der Waals surface area contributed by atoms with Crippen LogP contribution in [0.15, 0.2) is 322 Å². The van der Waals surface area contributed by atoms with Crippen molar-refractivity contribution in [1.29, 1.82) is 0 Å². The predicted octanol–water partition coefficient (Wildman–Crippen LogP) is 22.5. The van der Waals surface area contributed by atoms with Crippen LogP contribution in [0, 0.1) is 41.5 Å². The molecule has 0 radical (unpaired) electrons. The summed E-state index contributed by atoms with van der Waals surface area (Å²) >= 11 is 0. The third-order valence-electron chi connectivity index (χ3n) is 19.9. The molecule has 0 saturated heterocycles. The van der Waals surface area contributed by atoms with Gasteiger partial charge in [-0.15, -0.1) is 0 Å². The van der Waals surface area contributed by atoms with Crippen LogP contribution in [-0.2, 0) is 0 Å². The molecular formula is C97H71N15. The van der Waals surface area contributed by atoms with Gasteiger partial charge >= 0.3 is 0 Å². The van der Waals surface area contributed by atoms with E-state index in [1.54, 1.807) is 24.8 Å². The van der Waals surface area contributed by atoms with E-state index in [0.717, 1.165) is 88.3 Å². The van der Waals surface area contributed by atoms with Gasteiger partial charge in [-0.2, -0.15) is 0 Å². The minimum atomic E-state index is 0.439. The summed E-state index contributed by atoms with van der Waals surface area (Å²) in [6, 6.07) is 96.7. The average Bonchev–Trinajstić information content (AvgIpc) is 0.766. The summed E-state index contributed by atoms with van der Waals surface area (Å²) in [6.45, 7) is 12.6. The number of benzene rings is 13. The first-order valence-electron chi connectivity index (χ1n) is 37.0. The van der Waals surface area contributed by atoms with E-state index in [2.05, 4.69) is 229 Å². The summed E-state index contributed by atoms with van der Waals surface area (Å²) in [5.74, 6) is 6.63. The second-order valence-electron chi connectivity index (χ2n) is 27.5. The van der Waals surface area contributed by atoms with E-state index in [9.17, 15) is 0 Å². The third-order valence-corrected chi connectivity index (χ3v) is 19.9. The number of rotatable bonds is 12. The van der Waals surface area contributed by atoms with Gasteiger partial charge in [0.25, 0.3) is 0 Å². The zero-order chi connectivity index (χ0) is 76.0. The topological polar surface area (TPSA) is 193 Å². The molecule has 19 aromatic rings. The maximum atomic E-state index is 5.06. The Morgan fingerprint density at radius 1 is 0.143 bits per heavy atom. The molecule has 0 atom stereocenters. The molecule has 6 heterocycles. The Morgan fingerprint density at radius 3 is 0.688 bits per heavy atom. The van der Waals surface area contributed by atoms with E-state index in [0.29, 0.717) is 69.9 Å². The summed E-state index contributed by atoms with van der Waals surface area (Å²) in [4.78, 5) is 71.8. The zero-order valence-corrected chi connectivity index (χ0v) is 62.3. The summed E-state index contributed by atoms with van der Waals surface area (Å²) < 4.78 is 0.